The quantitative estimate of drug-likeness (QED) is 0.406. The van der Waals surface area contributed by atoms with Crippen molar-refractivity contribution in [2.24, 2.45) is 17.8 Å². The molecule has 108 valence electrons. The second-order valence-electron chi connectivity index (χ2n) is 6.72. The van der Waals surface area contributed by atoms with E-state index in [1.54, 1.807) is 0 Å². The topological polar surface area (TPSA) is 0 Å². The molecule has 0 nitrogen and oxygen atoms in total. The van der Waals surface area contributed by atoms with Crippen molar-refractivity contribution in [1.29, 1.82) is 0 Å². The summed E-state index contributed by atoms with van der Waals surface area (Å²) in [7, 11) is 0. The van der Waals surface area contributed by atoms with Gasteiger partial charge < -0.3 is 0 Å². The molecular weight excluding hydrogens is 216 g/mol. The van der Waals surface area contributed by atoms with Crippen LogP contribution in [0, 0.1) is 17.8 Å². The van der Waals surface area contributed by atoms with Crippen LogP contribution in [0.3, 0.4) is 0 Å². The van der Waals surface area contributed by atoms with Gasteiger partial charge in [-0.25, -0.2) is 0 Å². The van der Waals surface area contributed by atoms with E-state index in [1.165, 1.54) is 77.0 Å². The van der Waals surface area contributed by atoms with Gasteiger partial charge in [0.1, 0.15) is 0 Å². The van der Waals surface area contributed by atoms with E-state index in [2.05, 4.69) is 20.8 Å². The minimum absolute atomic E-state index is 0.991. The Kier molecular flexibility index (Phi) is 8.80. The van der Waals surface area contributed by atoms with Gasteiger partial charge in [0.15, 0.2) is 0 Å². The van der Waals surface area contributed by atoms with Crippen molar-refractivity contribution in [2.45, 2.75) is 97.8 Å². The summed E-state index contributed by atoms with van der Waals surface area (Å²) in [5, 5.41) is 0. The molecule has 0 spiro atoms. The molecule has 0 bridgehead atoms. The Morgan fingerprint density at radius 1 is 0.889 bits per heavy atom. The average Bonchev–Trinajstić information content (AvgIpc) is 2.43. The van der Waals surface area contributed by atoms with Crippen molar-refractivity contribution in [3.8, 4) is 0 Å². The van der Waals surface area contributed by atoms with Crippen molar-refractivity contribution in [2.75, 3.05) is 0 Å². The molecule has 18 heavy (non-hydrogen) atoms. The third-order valence-electron chi connectivity index (χ3n) is 5.28. The van der Waals surface area contributed by atoms with E-state index in [9.17, 15) is 0 Å². The van der Waals surface area contributed by atoms with E-state index in [4.69, 9.17) is 0 Å². The number of hydrogen-bond acceptors (Lipinski definition) is 0. The summed E-state index contributed by atoms with van der Waals surface area (Å²) < 4.78 is 0. The fourth-order valence-corrected chi connectivity index (χ4v) is 3.67. The zero-order chi connectivity index (χ0) is 13.2. The molecule has 0 radical (unpaired) electrons. The van der Waals surface area contributed by atoms with Gasteiger partial charge in [-0.1, -0.05) is 97.8 Å². The van der Waals surface area contributed by atoms with Crippen LogP contribution in [-0.2, 0) is 0 Å². The van der Waals surface area contributed by atoms with Crippen molar-refractivity contribution in [3.63, 3.8) is 0 Å². The van der Waals surface area contributed by atoms with Crippen molar-refractivity contribution in [3.05, 3.63) is 0 Å². The fraction of sp³-hybridized carbons (Fsp3) is 1.00. The van der Waals surface area contributed by atoms with Gasteiger partial charge in [0.2, 0.25) is 0 Å². The normalized spacial score (nSPS) is 20.8. The summed E-state index contributed by atoms with van der Waals surface area (Å²) in [5.74, 6) is 3.07. The van der Waals surface area contributed by atoms with E-state index >= 15 is 0 Å². The number of unbranched alkanes of at least 4 members (excludes halogenated alkanes) is 2. The molecule has 2 atom stereocenters. The summed E-state index contributed by atoms with van der Waals surface area (Å²) in [6, 6.07) is 0. The molecule has 2 unspecified atom stereocenters. The molecule has 0 heteroatoms. The molecule has 0 aliphatic heterocycles. The Morgan fingerprint density at radius 3 is 2.22 bits per heavy atom. The minimum atomic E-state index is 0.991. The van der Waals surface area contributed by atoms with E-state index in [0.717, 1.165) is 17.8 Å². The highest BCUT2D eigenvalue weighted by atomic mass is 14.3. The van der Waals surface area contributed by atoms with Gasteiger partial charge in [-0.3, -0.25) is 0 Å². The van der Waals surface area contributed by atoms with Gasteiger partial charge in [-0.05, 0) is 17.8 Å². The molecule has 1 saturated carbocycles. The molecule has 1 aliphatic carbocycles. The highest BCUT2D eigenvalue weighted by molar-refractivity contribution is 4.72. The number of hydrogen-bond donors (Lipinski definition) is 0. The summed E-state index contributed by atoms with van der Waals surface area (Å²) in [6.45, 7) is 7.22. The van der Waals surface area contributed by atoms with Crippen LogP contribution >= 0.6 is 0 Å². The van der Waals surface area contributed by atoms with Crippen LogP contribution in [0.5, 0.6) is 0 Å². The molecule has 1 rings (SSSR count). The van der Waals surface area contributed by atoms with Crippen LogP contribution in [0.15, 0.2) is 0 Å². The molecule has 0 aromatic heterocycles. The Bertz CT molecular complexity index is 178. The molecular formula is C18H36. The third kappa shape index (κ3) is 6.25. The van der Waals surface area contributed by atoms with Crippen LogP contribution in [0.1, 0.15) is 97.8 Å². The lowest BCUT2D eigenvalue weighted by Crippen LogP contribution is -2.16. The van der Waals surface area contributed by atoms with Gasteiger partial charge in [0, 0.05) is 0 Å². The molecule has 0 N–H and O–H groups in total. The lowest BCUT2D eigenvalue weighted by atomic mass is 9.77. The first-order chi connectivity index (χ1) is 8.77. The third-order valence-corrected chi connectivity index (χ3v) is 5.28. The maximum absolute atomic E-state index is 2.52. The summed E-state index contributed by atoms with van der Waals surface area (Å²) >= 11 is 0. The standard InChI is InChI=1S/C18H36/c1-4-6-8-11-17(5-2)15-14-16(3)18-12-9-7-10-13-18/h16-18H,4-15H2,1-3H3. The molecule has 1 fully saturated rings. The number of rotatable bonds is 9. The Morgan fingerprint density at radius 2 is 1.61 bits per heavy atom. The van der Waals surface area contributed by atoms with Gasteiger partial charge in [-0.15, -0.1) is 0 Å². The van der Waals surface area contributed by atoms with Gasteiger partial charge in [0.25, 0.3) is 0 Å². The highest BCUT2D eigenvalue weighted by Crippen LogP contribution is 2.33. The first-order valence-electron chi connectivity index (χ1n) is 8.77. The predicted octanol–water partition coefficient (Wildman–Crippen LogP) is 6.59. The Balaban J connectivity index is 2.15. The molecule has 0 aromatic rings. The van der Waals surface area contributed by atoms with Gasteiger partial charge in [-0.2, -0.15) is 0 Å². The summed E-state index contributed by atoms with van der Waals surface area (Å²) in [6.07, 6.45) is 17.7. The first-order valence-corrected chi connectivity index (χ1v) is 8.77. The fourth-order valence-electron chi connectivity index (χ4n) is 3.67. The Labute approximate surface area is 116 Å². The zero-order valence-corrected chi connectivity index (χ0v) is 13.2. The highest BCUT2D eigenvalue weighted by Gasteiger charge is 2.20. The largest absolute Gasteiger partial charge is 0.0654 e. The summed E-state index contributed by atoms with van der Waals surface area (Å²) in [4.78, 5) is 0. The van der Waals surface area contributed by atoms with E-state index in [-0.39, 0.29) is 0 Å². The SMILES string of the molecule is CCCCCC(CC)CCC(C)C1CCCCC1. The molecule has 0 heterocycles. The molecule has 1 aliphatic rings. The van der Waals surface area contributed by atoms with Gasteiger partial charge in [0.05, 0.1) is 0 Å². The zero-order valence-electron chi connectivity index (χ0n) is 13.2. The van der Waals surface area contributed by atoms with Crippen molar-refractivity contribution >= 4 is 0 Å². The maximum Gasteiger partial charge on any atom is -0.0388 e. The monoisotopic (exact) mass is 252 g/mol. The maximum atomic E-state index is 2.52. The second kappa shape index (κ2) is 9.87. The lowest BCUT2D eigenvalue weighted by Gasteiger charge is -2.28. The minimum Gasteiger partial charge on any atom is -0.0654 e. The van der Waals surface area contributed by atoms with Crippen molar-refractivity contribution < 1.29 is 0 Å². The molecule has 0 aromatic carbocycles. The lowest BCUT2D eigenvalue weighted by molar-refractivity contribution is 0.234. The molecule has 0 saturated heterocycles. The average molecular weight is 252 g/mol. The first kappa shape index (κ1) is 16.1. The van der Waals surface area contributed by atoms with E-state index < -0.39 is 0 Å². The second-order valence-corrected chi connectivity index (χ2v) is 6.72. The predicted molar refractivity (Wildman–Crippen MR) is 82.9 cm³/mol. The van der Waals surface area contributed by atoms with Gasteiger partial charge >= 0.3 is 0 Å². The van der Waals surface area contributed by atoms with Crippen LogP contribution in [-0.4, -0.2) is 0 Å². The smallest absolute Gasteiger partial charge is 0.0388 e. The molecule has 0 amide bonds. The van der Waals surface area contributed by atoms with E-state index in [0.29, 0.717) is 0 Å². The van der Waals surface area contributed by atoms with Crippen LogP contribution in [0.4, 0.5) is 0 Å². The Hall–Kier alpha value is 0. The van der Waals surface area contributed by atoms with E-state index in [1.807, 2.05) is 0 Å². The van der Waals surface area contributed by atoms with Crippen LogP contribution in [0.2, 0.25) is 0 Å². The van der Waals surface area contributed by atoms with Crippen LogP contribution in [0.25, 0.3) is 0 Å². The van der Waals surface area contributed by atoms with Crippen LogP contribution < -0.4 is 0 Å². The van der Waals surface area contributed by atoms with Crippen molar-refractivity contribution in [1.82, 2.24) is 0 Å². The summed E-state index contributed by atoms with van der Waals surface area (Å²) in [5.41, 5.74) is 0.